The van der Waals surface area contributed by atoms with Crippen LogP contribution in [0.5, 0.6) is 0 Å². The Morgan fingerprint density at radius 2 is 1.72 bits per heavy atom. The van der Waals surface area contributed by atoms with Crippen molar-refractivity contribution in [3.05, 3.63) is 30.3 Å². The Bertz CT molecular complexity index is 783. The predicted molar refractivity (Wildman–Crippen MR) is 110 cm³/mol. The second kappa shape index (κ2) is 9.12. The summed E-state index contributed by atoms with van der Waals surface area (Å²) in [6.07, 6.45) is 3.90. The number of sulfonamides is 1. The molecule has 3 saturated heterocycles. The Balaban J connectivity index is 1.43. The molecule has 0 radical (unpaired) electrons. The molecule has 1 amide bonds. The molecular formula is C21H31N3O4S. The third-order valence-corrected chi connectivity index (χ3v) is 8.30. The summed E-state index contributed by atoms with van der Waals surface area (Å²) < 4.78 is 33.7. The fraction of sp³-hybridized carbons (Fsp3) is 0.667. The number of nitrogens with zero attached hydrogens (tertiary/aromatic N) is 3. The normalized spacial score (nSPS) is 22.2. The minimum atomic E-state index is -3.58. The highest BCUT2D eigenvalue weighted by Crippen LogP contribution is 2.27. The van der Waals surface area contributed by atoms with Crippen LogP contribution in [0.4, 0.5) is 0 Å². The van der Waals surface area contributed by atoms with Crippen molar-refractivity contribution in [2.24, 2.45) is 5.92 Å². The van der Waals surface area contributed by atoms with Crippen molar-refractivity contribution in [3.63, 3.8) is 0 Å². The van der Waals surface area contributed by atoms with E-state index >= 15 is 0 Å². The average molecular weight is 422 g/mol. The van der Waals surface area contributed by atoms with Crippen LogP contribution < -0.4 is 0 Å². The van der Waals surface area contributed by atoms with Crippen LogP contribution in [0.1, 0.15) is 25.7 Å². The third-order valence-electron chi connectivity index (χ3n) is 6.34. The lowest BCUT2D eigenvalue weighted by Gasteiger charge is -2.46. The van der Waals surface area contributed by atoms with Crippen LogP contribution >= 0.6 is 0 Å². The lowest BCUT2D eigenvalue weighted by Crippen LogP contribution is -2.64. The number of ether oxygens (including phenoxy) is 1. The van der Waals surface area contributed by atoms with Crippen LogP contribution in [0.15, 0.2) is 35.2 Å². The van der Waals surface area contributed by atoms with Crippen LogP contribution in [0, 0.1) is 5.92 Å². The first-order valence-electron chi connectivity index (χ1n) is 10.7. The molecule has 3 heterocycles. The summed E-state index contributed by atoms with van der Waals surface area (Å²) in [5.74, 6) is 0.176. The Hall–Kier alpha value is -1.48. The third kappa shape index (κ3) is 4.66. The summed E-state index contributed by atoms with van der Waals surface area (Å²) in [5.41, 5.74) is 0. The van der Waals surface area contributed by atoms with Crippen molar-refractivity contribution < 1.29 is 17.9 Å². The first-order valence-corrected chi connectivity index (χ1v) is 12.2. The van der Waals surface area contributed by atoms with Crippen molar-refractivity contribution in [3.8, 4) is 0 Å². The Kier molecular flexibility index (Phi) is 6.53. The highest BCUT2D eigenvalue weighted by Gasteiger charge is 2.42. The van der Waals surface area contributed by atoms with Gasteiger partial charge in [0.15, 0.2) is 0 Å². The summed E-state index contributed by atoms with van der Waals surface area (Å²) >= 11 is 0. The van der Waals surface area contributed by atoms with E-state index in [0.717, 1.165) is 32.5 Å². The van der Waals surface area contributed by atoms with Gasteiger partial charge in [0, 0.05) is 45.3 Å². The maximum atomic E-state index is 13.3. The van der Waals surface area contributed by atoms with Gasteiger partial charge in [-0.2, -0.15) is 4.31 Å². The zero-order valence-electron chi connectivity index (χ0n) is 16.9. The van der Waals surface area contributed by atoms with Crippen LogP contribution in [0.3, 0.4) is 0 Å². The van der Waals surface area contributed by atoms with Crippen molar-refractivity contribution in [2.45, 2.75) is 36.6 Å². The molecule has 7 nitrogen and oxygen atoms in total. The van der Waals surface area contributed by atoms with E-state index in [1.54, 1.807) is 28.6 Å². The number of rotatable bonds is 7. The minimum absolute atomic E-state index is 0.0217. The van der Waals surface area contributed by atoms with Gasteiger partial charge in [-0.3, -0.25) is 4.79 Å². The standard InChI is InChI=1S/C21H31N3O4S/c25-21(18-8-14-28-15-9-18)23-16-19(17-23)24(13-12-22-10-4-5-11-22)29(26,27)20-6-2-1-3-7-20/h1-3,6-7,18-19H,4-5,8-17H2. The van der Waals surface area contributed by atoms with Gasteiger partial charge in [0.25, 0.3) is 0 Å². The zero-order valence-corrected chi connectivity index (χ0v) is 17.7. The van der Waals surface area contributed by atoms with E-state index in [0.29, 0.717) is 37.7 Å². The quantitative estimate of drug-likeness (QED) is 0.666. The van der Waals surface area contributed by atoms with Crippen molar-refractivity contribution in [1.29, 1.82) is 0 Å². The minimum Gasteiger partial charge on any atom is -0.381 e. The van der Waals surface area contributed by atoms with Crippen LogP contribution in [0.2, 0.25) is 0 Å². The molecule has 0 N–H and O–H groups in total. The molecule has 8 heteroatoms. The van der Waals surface area contributed by atoms with Crippen LogP contribution in [-0.4, -0.2) is 87.0 Å². The van der Waals surface area contributed by atoms with Gasteiger partial charge in [-0.05, 0) is 50.9 Å². The maximum absolute atomic E-state index is 13.3. The molecule has 3 fully saturated rings. The SMILES string of the molecule is O=C(C1CCOCC1)N1CC(N(CCN2CCCC2)S(=O)(=O)c2ccccc2)C1. The molecular weight excluding hydrogens is 390 g/mol. The number of hydrogen-bond acceptors (Lipinski definition) is 5. The van der Waals surface area contributed by atoms with E-state index < -0.39 is 10.0 Å². The van der Waals surface area contributed by atoms with Gasteiger partial charge in [-0.1, -0.05) is 18.2 Å². The molecule has 0 bridgehead atoms. The molecule has 3 aliphatic heterocycles. The van der Waals surface area contributed by atoms with E-state index in [-0.39, 0.29) is 17.9 Å². The number of likely N-dealkylation sites (tertiary alicyclic amines) is 2. The van der Waals surface area contributed by atoms with Crippen LogP contribution in [-0.2, 0) is 19.6 Å². The largest absolute Gasteiger partial charge is 0.381 e. The number of amides is 1. The lowest BCUT2D eigenvalue weighted by atomic mass is 9.96. The van der Waals surface area contributed by atoms with Gasteiger partial charge >= 0.3 is 0 Å². The Morgan fingerprint density at radius 1 is 1.07 bits per heavy atom. The van der Waals surface area contributed by atoms with Gasteiger partial charge < -0.3 is 14.5 Å². The number of carbonyl (C=O) groups excluding carboxylic acids is 1. The Morgan fingerprint density at radius 3 is 2.38 bits per heavy atom. The summed E-state index contributed by atoms with van der Waals surface area (Å²) in [4.78, 5) is 17.2. The molecule has 0 unspecified atom stereocenters. The summed E-state index contributed by atoms with van der Waals surface area (Å²) in [6.45, 7) is 5.55. The molecule has 0 atom stereocenters. The average Bonchev–Trinajstić information content (AvgIpc) is 3.24. The van der Waals surface area contributed by atoms with E-state index in [2.05, 4.69) is 4.90 Å². The highest BCUT2D eigenvalue weighted by molar-refractivity contribution is 7.89. The highest BCUT2D eigenvalue weighted by atomic mass is 32.2. The molecule has 0 aliphatic carbocycles. The molecule has 29 heavy (non-hydrogen) atoms. The number of hydrogen-bond donors (Lipinski definition) is 0. The van der Waals surface area contributed by atoms with E-state index in [1.807, 2.05) is 11.0 Å². The molecule has 1 aromatic carbocycles. The summed E-state index contributed by atoms with van der Waals surface area (Å²) in [7, 11) is -3.58. The molecule has 4 rings (SSSR count). The van der Waals surface area contributed by atoms with E-state index in [4.69, 9.17) is 4.74 Å². The zero-order chi connectivity index (χ0) is 20.3. The van der Waals surface area contributed by atoms with Gasteiger partial charge in [0.2, 0.25) is 15.9 Å². The first kappa shape index (κ1) is 20.8. The molecule has 0 saturated carbocycles. The molecule has 0 aromatic heterocycles. The Labute approximate surface area is 173 Å². The maximum Gasteiger partial charge on any atom is 0.243 e. The van der Waals surface area contributed by atoms with Crippen LogP contribution in [0.25, 0.3) is 0 Å². The fourth-order valence-electron chi connectivity index (χ4n) is 4.49. The fourth-order valence-corrected chi connectivity index (χ4v) is 6.11. The monoisotopic (exact) mass is 421 g/mol. The molecule has 1 aromatic rings. The van der Waals surface area contributed by atoms with Gasteiger partial charge in [-0.25, -0.2) is 8.42 Å². The lowest BCUT2D eigenvalue weighted by molar-refractivity contribution is -0.144. The first-order chi connectivity index (χ1) is 14.1. The van der Waals surface area contributed by atoms with Gasteiger partial charge in [-0.15, -0.1) is 0 Å². The van der Waals surface area contributed by atoms with Gasteiger partial charge in [0.1, 0.15) is 0 Å². The molecule has 3 aliphatic rings. The number of carbonyl (C=O) groups is 1. The topological polar surface area (TPSA) is 70.2 Å². The van der Waals surface area contributed by atoms with Crippen molar-refractivity contribution >= 4 is 15.9 Å². The smallest absolute Gasteiger partial charge is 0.243 e. The van der Waals surface area contributed by atoms with Crippen molar-refractivity contribution in [2.75, 3.05) is 52.5 Å². The molecule has 160 valence electrons. The number of benzene rings is 1. The van der Waals surface area contributed by atoms with E-state index in [9.17, 15) is 13.2 Å². The summed E-state index contributed by atoms with van der Waals surface area (Å²) in [6, 6.07) is 8.50. The summed E-state index contributed by atoms with van der Waals surface area (Å²) in [5, 5.41) is 0. The second-order valence-corrected chi connectivity index (χ2v) is 10.2. The molecule has 0 spiro atoms. The predicted octanol–water partition coefficient (Wildman–Crippen LogP) is 1.41. The van der Waals surface area contributed by atoms with Crippen molar-refractivity contribution in [1.82, 2.24) is 14.1 Å². The van der Waals surface area contributed by atoms with E-state index in [1.165, 1.54) is 12.8 Å². The second-order valence-electron chi connectivity index (χ2n) is 8.26. The van der Waals surface area contributed by atoms with Gasteiger partial charge in [0.05, 0.1) is 10.9 Å².